The van der Waals surface area contributed by atoms with Crippen molar-refractivity contribution >= 4 is 28.6 Å². The van der Waals surface area contributed by atoms with Crippen LogP contribution in [0.5, 0.6) is 11.5 Å². The van der Waals surface area contributed by atoms with Crippen LogP contribution < -0.4 is 26.8 Å². The van der Waals surface area contributed by atoms with Crippen molar-refractivity contribution in [3.8, 4) is 22.9 Å². The summed E-state index contributed by atoms with van der Waals surface area (Å²) in [7, 11) is 1.81. The number of aromatic nitrogens is 4. The average molecular weight is 522 g/mol. The maximum Gasteiger partial charge on any atom is 0.339 e. The summed E-state index contributed by atoms with van der Waals surface area (Å²) in [6.07, 6.45) is 3.11. The Labute approximate surface area is 224 Å². The number of nitrogens with one attached hydrogen (secondary N) is 2. The van der Waals surface area contributed by atoms with E-state index in [1.165, 1.54) is 15.5 Å². The smallest absolute Gasteiger partial charge is 0.339 e. The van der Waals surface area contributed by atoms with Gasteiger partial charge in [-0.1, -0.05) is 30.3 Å². The van der Waals surface area contributed by atoms with Gasteiger partial charge < -0.3 is 21.1 Å². The lowest BCUT2D eigenvalue weighted by molar-refractivity contribution is -0.112. The Balaban J connectivity index is 1.54. The lowest BCUT2D eigenvalue weighted by Gasteiger charge is -2.09. The lowest BCUT2D eigenvalue weighted by Crippen LogP contribution is -2.22. The third-order valence-electron chi connectivity index (χ3n) is 6.06. The van der Waals surface area contributed by atoms with Crippen LogP contribution in [0.25, 0.3) is 22.5 Å². The number of benzene rings is 3. The minimum absolute atomic E-state index is 0.162. The predicted molar refractivity (Wildman–Crippen MR) is 152 cm³/mol. The first-order valence-corrected chi connectivity index (χ1v) is 12.3. The van der Waals surface area contributed by atoms with E-state index in [0.29, 0.717) is 51.8 Å². The standard InChI is InChI=1S/C29H27N7O3/c1-19(15-16-31-2)28(37)34-20-7-6-8-22(17-20)36-27-25(26(30)32-18-33-27)35(29(36)38)21-11-13-24(14-12-21)39-23-9-4-3-5-10-23/h3-15,17-18,31H,16H2,1-2H3,(H,34,37)(H2,30,32,33)/b19-15+. The van der Waals surface area contributed by atoms with Crippen LogP contribution in [0.15, 0.2) is 102 Å². The number of imidazole rings is 1. The molecule has 1 amide bonds. The summed E-state index contributed by atoms with van der Waals surface area (Å²) >= 11 is 0. The maximum atomic E-state index is 13.8. The minimum atomic E-state index is -0.387. The molecule has 0 bridgehead atoms. The van der Waals surface area contributed by atoms with E-state index >= 15 is 0 Å². The maximum absolute atomic E-state index is 13.8. The number of amides is 1. The second-order valence-corrected chi connectivity index (χ2v) is 8.74. The highest BCUT2D eigenvalue weighted by molar-refractivity contribution is 6.03. The molecule has 0 aliphatic heterocycles. The van der Waals surface area contributed by atoms with Gasteiger partial charge in [0.2, 0.25) is 0 Å². The van der Waals surface area contributed by atoms with E-state index in [9.17, 15) is 9.59 Å². The van der Waals surface area contributed by atoms with E-state index in [-0.39, 0.29) is 17.4 Å². The molecule has 0 atom stereocenters. The quantitative estimate of drug-likeness (QED) is 0.263. The number of nitrogens with two attached hydrogens (primary N) is 1. The molecule has 3 aromatic carbocycles. The summed E-state index contributed by atoms with van der Waals surface area (Å²) in [4.78, 5) is 34.9. The van der Waals surface area contributed by atoms with Crippen molar-refractivity contribution in [1.82, 2.24) is 24.4 Å². The molecule has 5 aromatic rings. The van der Waals surface area contributed by atoms with Crippen molar-refractivity contribution in [1.29, 1.82) is 0 Å². The Bertz CT molecular complexity index is 1720. The number of carbonyl (C=O) groups excluding carboxylic acids is 1. The minimum Gasteiger partial charge on any atom is -0.457 e. The van der Waals surface area contributed by atoms with Crippen molar-refractivity contribution in [3.63, 3.8) is 0 Å². The zero-order valence-electron chi connectivity index (χ0n) is 21.5. The summed E-state index contributed by atoms with van der Waals surface area (Å²) in [5.74, 6) is 1.25. The number of nitrogen functional groups attached to an aromatic ring is 1. The van der Waals surface area contributed by atoms with Crippen LogP contribution in [0.4, 0.5) is 11.5 Å². The van der Waals surface area contributed by atoms with Crippen molar-refractivity contribution in [3.05, 3.63) is 107 Å². The first-order chi connectivity index (χ1) is 19.0. The predicted octanol–water partition coefficient (Wildman–Crippen LogP) is 4.05. The first kappa shape index (κ1) is 25.4. The van der Waals surface area contributed by atoms with E-state index in [4.69, 9.17) is 10.5 Å². The van der Waals surface area contributed by atoms with Crippen LogP contribution in [-0.4, -0.2) is 38.6 Å². The molecule has 196 valence electrons. The normalized spacial score (nSPS) is 11.5. The summed E-state index contributed by atoms with van der Waals surface area (Å²) in [5, 5.41) is 5.86. The molecular formula is C29H27N7O3. The van der Waals surface area contributed by atoms with Crippen LogP contribution in [-0.2, 0) is 4.79 Å². The monoisotopic (exact) mass is 521 g/mol. The molecule has 0 fully saturated rings. The van der Waals surface area contributed by atoms with Crippen LogP contribution in [0.2, 0.25) is 0 Å². The first-order valence-electron chi connectivity index (χ1n) is 12.3. The molecule has 4 N–H and O–H groups in total. The lowest BCUT2D eigenvalue weighted by atomic mass is 10.2. The van der Waals surface area contributed by atoms with E-state index in [1.54, 1.807) is 61.5 Å². The highest BCUT2D eigenvalue weighted by Gasteiger charge is 2.20. The van der Waals surface area contributed by atoms with Crippen molar-refractivity contribution < 1.29 is 9.53 Å². The van der Waals surface area contributed by atoms with Crippen molar-refractivity contribution in [2.45, 2.75) is 6.92 Å². The molecular weight excluding hydrogens is 494 g/mol. The molecule has 0 radical (unpaired) electrons. The zero-order chi connectivity index (χ0) is 27.4. The number of likely N-dealkylation sites (N-methyl/N-ethyl adjacent to an activating group) is 1. The van der Waals surface area contributed by atoms with E-state index in [0.717, 1.165) is 0 Å². The number of carbonyl (C=O) groups is 1. The fourth-order valence-electron chi connectivity index (χ4n) is 4.11. The largest absolute Gasteiger partial charge is 0.457 e. The van der Waals surface area contributed by atoms with Gasteiger partial charge in [-0.3, -0.25) is 9.36 Å². The van der Waals surface area contributed by atoms with Gasteiger partial charge >= 0.3 is 5.69 Å². The molecule has 0 aliphatic rings. The number of hydrogen-bond donors (Lipinski definition) is 3. The van der Waals surface area contributed by atoms with Crippen molar-refractivity contribution in [2.24, 2.45) is 0 Å². The van der Waals surface area contributed by atoms with E-state index < -0.39 is 0 Å². The average Bonchev–Trinajstić information content (AvgIpc) is 3.25. The van der Waals surface area contributed by atoms with Gasteiger partial charge in [0, 0.05) is 17.8 Å². The van der Waals surface area contributed by atoms with Crippen LogP contribution >= 0.6 is 0 Å². The number of fused-ring (bicyclic) bond motifs is 1. The number of nitrogens with zero attached hydrogens (tertiary/aromatic N) is 4. The van der Waals surface area contributed by atoms with Crippen LogP contribution in [0.3, 0.4) is 0 Å². The molecule has 10 nitrogen and oxygen atoms in total. The molecule has 39 heavy (non-hydrogen) atoms. The Kier molecular flexibility index (Phi) is 7.19. The van der Waals surface area contributed by atoms with Crippen LogP contribution in [0.1, 0.15) is 6.92 Å². The van der Waals surface area contributed by atoms with E-state index in [2.05, 4.69) is 20.6 Å². The molecule has 0 saturated carbocycles. The molecule has 2 heterocycles. The van der Waals surface area contributed by atoms with Gasteiger partial charge in [0.1, 0.15) is 23.3 Å². The highest BCUT2D eigenvalue weighted by atomic mass is 16.5. The SMILES string of the molecule is CNC/C=C(\C)C(=O)Nc1cccc(-n2c(=O)n(-c3ccc(Oc4ccccc4)cc3)c3c(N)ncnc32)c1. The Morgan fingerprint density at radius 1 is 0.949 bits per heavy atom. The third-order valence-corrected chi connectivity index (χ3v) is 6.06. The van der Waals surface area contributed by atoms with Gasteiger partial charge in [-0.2, -0.15) is 0 Å². The Morgan fingerprint density at radius 3 is 2.44 bits per heavy atom. The fourth-order valence-corrected chi connectivity index (χ4v) is 4.11. The van der Waals surface area contributed by atoms with E-state index in [1.807, 2.05) is 37.4 Å². The van der Waals surface area contributed by atoms with Gasteiger partial charge in [0.05, 0.1) is 11.4 Å². The second kappa shape index (κ2) is 11.0. The highest BCUT2D eigenvalue weighted by Crippen LogP contribution is 2.26. The van der Waals surface area contributed by atoms with Gasteiger partial charge in [0.15, 0.2) is 11.5 Å². The molecule has 0 spiro atoms. The van der Waals surface area contributed by atoms with Gasteiger partial charge in [-0.05, 0) is 68.6 Å². The topological polar surface area (TPSA) is 129 Å². The molecule has 10 heteroatoms. The number of hydrogen-bond acceptors (Lipinski definition) is 7. The third kappa shape index (κ3) is 5.27. The number of ether oxygens (including phenoxy) is 1. The van der Waals surface area contributed by atoms with Crippen LogP contribution in [0, 0.1) is 0 Å². The summed E-state index contributed by atoms with van der Waals surface area (Å²) in [6.45, 7) is 2.32. The van der Waals surface area contributed by atoms with Gasteiger partial charge in [-0.25, -0.2) is 19.3 Å². The second-order valence-electron chi connectivity index (χ2n) is 8.74. The number of anilines is 2. The number of rotatable bonds is 8. The molecule has 0 saturated heterocycles. The fraction of sp³-hybridized carbons (Fsp3) is 0.103. The molecule has 0 unspecified atom stereocenters. The van der Waals surface area contributed by atoms with Gasteiger partial charge in [-0.15, -0.1) is 0 Å². The summed E-state index contributed by atoms with van der Waals surface area (Å²) in [5.41, 5.74) is 8.76. The molecule has 2 aromatic heterocycles. The van der Waals surface area contributed by atoms with Crippen molar-refractivity contribution in [2.75, 3.05) is 24.6 Å². The summed E-state index contributed by atoms with van der Waals surface area (Å²) < 4.78 is 8.80. The number of para-hydroxylation sites is 1. The molecule has 0 aliphatic carbocycles. The Morgan fingerprint density at radius 2 is 1.69 bits per heavy atom. The summed E-state index contributed by atoms with van der Waals surface area (Å²) in [6, 6.07) is 23.5. The zero-order valence-corrected chi connectivity index (χ0v) is 21.5. The Hall–Kier alpha value is -5.22. The van der Waals surface area contributed by atoms with Gasteiger partial charge in [0.25, 0.3) is 5.91 Å². The molecule has 5 rings (SSSR count).